The molecule has 1 N–H and O–H groups in total. The molecule has 0 bridgehead atoms. The molecule has 2 rings (SSSR count). The summed E-state index contributed by atoms with van der Waals surface area (Å²) in [6.07, 6.45) is 8.93. The Balaban J connectivity index is 1.81. The first-order valence-electron chi connectivity index (χ1n) is 7.78. The first-order valence-corrected chi connectivity index (χ1v) is 8.66. The normalized spacial score (nSPS) is 16.3. The number of thiazole rings is 1. The van der Waals surface area contributed by atoms with E-state index < -0.39 is 5.54 Å². The number of aromatic nitrogens is 1. The molecular formula is C16H24N4OS. The van der Waals surface area contributed by atoms with Crippen LogP contribution < -0.4 is 10.2 Å². The van der Waals surface area contributed by atoms with Gasteiger partial charge in [0.05, 0.1) is 6.54 Å². The number of amides is 1. The number of nitrogens with zero attached hydrogens (tertiary/aromatic N) is 3. The molecule has 6 heteroatoms. The van der Waals surface area contributed by atoms with E-state index in [1.54, 1.807) is 11.3 Å². The molecule has 5 nitrogen and oxygen atoms in total. The number of hydrogen-bond acceptors (Lipinski definition) is 5. The van der Waals surface area contributed by atoms with Gasteiger partial charge in [-0.3, -0.25) is 9.69 Å². The third-order valence-electron chi connectivity index (χ3n) is 4.29. The van der Waals surface area contributed by atoms with E-state index >= 15 is 0 Å². The number of rotatable bonds is 6. The summed E-state index contributed by atoms with van der Waals surface area (Å²) in [5.41, 5.74) is -0.500. The first-order chi connectivity index (χ1) is 10.6. The highest BCUT2D eigenvalue weighted by Gasteiger charge is 2.27. The van der Waals surface area contributed by atoms with Crippen LogP contribution >= 0.6 is 11.3 Å². The molecule has 1 saturated heterocycles. The van der Waals surface area contributed by atoms with Crippen molar-refractivity contribution in [3.63, 3.8) is 0 Å². The van der Waals surface area contributed by atoms with E-state index in [0.717, 1.165) is 44.2 Å². The van der Waals surface area contributed by atoms with Gasteiger partial charge in [-0.1, -0.05) is 19.8 Å². The molecule has 0 aliphatic carbocycles. The fourth-order valence-corrected chi connectivity index (χ4v) is 3.34. The second-order valence-corrected chi connectivity index (χ2v) is 6.43. The summed E-state index contributed by atoms with van der Waals surface area (Å²) in [4.78, 5) is 21.0. The van der Waals surface area contributed by atoms with E-state index in [0.29, 0.717) is 6.54 Å². The molecule has 1 aromatic rings. The Kier molecular flexibility index (Phi) is 5.81. The molecule has 2 heterocycles. The fraction of sp³-hybridized carbons (Fsp3) is 0.625. The minimum absolute atomic E-state index is 0.0179. The van der Waals surface area contributed by atoms with Crippen LogP contribution in [0.4, 0.5) is 5.13 Å². The third kappa shape index (κ3) is 3.99. The molecule has 0 atom stereocenters. The van der Waals surface area contributed by atoms with Crippen molar-refractivity contribution in [2.75, 3.05) is 37.6 Å². The number of piperazine rings is 1. The molecule has 1 amide bonds. The first kappa shape index (κ1) is 16.8. The second kappa shape index (κ2) is 7.61. The largest absolute Gasteiger partial charge is 0.346 e. The average molecular weight is 320 g/mol. The van der Waals surface area contributed by atoms with Crippen LogP contribution in [0.3, 0.4) is 0 Å². The van der Waals surface area contributed by atoms with Gasteiger partial charge in [0.15, 0.2) is 5.13 Å². The van der Waals surface area contributed by atoms with Gasteiger partial charge in [-0.05, 0) is 12.8 Å². The predicted octanol–water partition coefficient (Wildman–Crippen LogP) is 1.57. The highest BCUT2D eigenvalue weighted by atomic mass is 32.1. The maximum atomic E-state index is 12.2. The van der Waals surface area contributed by atoms with E-state index in [4.69, 9.17) is 6.42 Å². The van der Waals surface area contributed by atoms with E-state index in [2.05, 4.69) is 26.0 Å². The zero-order valence-corrected chi connectivity index (χ0v) is 14.2. The van der Waals surface area contributed by atoms with Crippen molar-refractivity contribution < 1.29 is 4.79 Å². The lowest BCUT2D eigenvalue weighted by atomic mass is 9.94. The number of terminal acetylenes is 1. The smallest absolute Gasteiger partial charge is 0.235 e. The molecule has 1 aliphatic heterocycles. The third-order valence-corrected chi connectivity index (χ3v) is 5.12. The van der Waals surface area contributed by atoms with Crippen LogP contribution in [-0.4, -0.2) is 54.1 Å². The quantitative estimate of drug-likeness (QED) is 0.809. The zero-order chi connectivity index (χ0) is 16.0. The van der Waals surface area contributed by atoms with Crippen molar-refractivity contribution in [1.29, 1.82) is 0 Å². The van der Waals surface area contributed by atoms with Crippen LogP contribution in [0, 0.1) is 12.3 Å². The Morgan fingerprint density at radius 3 is 2.59 bits per heavy atom. The van der Waals surface area contributed by atoms with Crippen molar-refractivity contribution >= 4 is 22.4 Å². The summed E-state index contributed by atoms with van der Waals surface area (Å²) in [6, 6.07) is 0. The Bertz CT molecular complexity index is 511. The standard InChI is InChI=1S/C16H24N4OS/c1-4-16(5-2,6-3)18-14(21)13-19-8-10-20(11-9-19)15-17-7-12-22-15/h1,7,12H,5-6,8-11,13H2,2-3H3,(H,18,21). The molecule has 1 fully saturated rings. The van der Waals surface area contributed by atoms with Crippen molar-refractivity contribution in [3.8, 4) is 12.3 Å². The van der Waals surface area contributed by atoms with Crippen molar-refractivity contribution in [3.05, 3.63) is 11.6 Å². The summed E-state index contributed by atoms with van der Waals surface area (Å²) in [5, 5.41) is 6.08. The molecule has 0 radical (unpaired) electrons. The number of anilines is 1. The zero-order valence-electron chi connectivity index (χ0n) is 13.3. The molecule has 1 aromatic heterocycles. The summed E-state index contributed by atoms with van der Waals surface area (Å²) >= 11 is 1.66. The van der Waals surface area contributed by atoms with Crippen molar-refractivity contribution in [2.45, 2.75) is 32.2 Å². The summed E-state index contributed by atoms with van der Waals surface area (Å²) < 4.78 is 0. The van der Waals surface area contributed by atoms with Crippen LogP contribution in [0.1, 0.15) is 26.7 Å². The summed E-state index contributed by atoms with van der Waals surface area (Å²) in [7, 11) is 0. The topological polar surface area (TPSA) is 48.5 Å². The van der Waals surface area contributed by atoms with Crippen LogP contribution in [0.5, 0.6) is 0 Å². The Hall–Kier alpha value is -1.58. The molecule has 1 aliphatic rings. The molecule has 22 heavy (non-hydrogen) atoms. The lowest BCUT2D eigenvalue weighted by Crippen LogP contribution is -2.53. The van der Waals surface area contributed by atoms with Gasteiger partial charge in [0.1, 0.15) is 5.54 Å². The number of carbonyl (C=O) groups is 1. The van der Waals surface area contributed by atoms with Crippen LogP contribution in [0.2, 0.25) is 0 Å². The highest BCUT2D eigenvalue weighted by Crippen LogP contribution is 2.19. The number of carbonyl (C=O) groups excluding carboxylic acids is 1. The van der Waals surface area contributed by atoms with Crippen molar-refractivity contribution in [2.24, 2.45) is 0 Å². The molecule has 0 spiro atoms. The highest BCUT2D eigenvalue weighted by molar-refractivity contribution is 7.13. The Labute approximate surface area is 136 Å². The molecule has 0 aromatic carbocycles. The van der Waals surface area contributed by atoms with E-state index in [9.17, 15) is 4.79 Å². The van der Waals surface area contributed by atoms with Gasteiger partial charge >= 0.3 is 0 Å². The maximum absolute atomic E-state index is 12.2. The lowest BCUT2D eigenvalue weighted by Gasteiger charge is -2.35. The molecule has 0 saturated carbocycles. The summed E-state index contributed by atoms with van der Waals surface area (Å²) in [6.45, 7) is 7.98. The molecule has 0 unspecified atom stereocenters. The van der Waals surface area contributed by atoms with Crippen LogP contribution in [0.25, 0.3) is 0 Å². The van der Waals surface area contributed by atoms with E-state index in [-0.39, 0.29) is 5.91 Å². The van der Waals surface area contributed by atoms with Gasteiger partial charge in [0.25, 0.3) is 0 Å². The SMILES string of the molecule is C#CC(CC)(CC)NC(=O)CN1CCN(c2nccs2)CC1. The van der Waals surface area contributed by atoms with Crippen molar-refractivity contribution in [1.82, 2.24) is 15.2 Å². The second-order valence-electron chi connectivity index (χ2n) is 5.56. The minimum atomic E-state index is -0.500. The van der Waals surface area contributed by atoms with Gasteiger partial charge in [-0.25, -0.2) is 4.98 Å². The number of nitrogens with one attached hydrogen (secondary N) is 1. The van der Waals surface area contributed by atoms with Gasteiger partial charge in [-0.15, -0.1) is 17.8 Å². The monoisotopic (exact) mass is 320 g/mol. The Morgan fingerprint density at radius 1 is 1.41 bits per heavy atom. The van der Waals surface area contributed by atoms with Crippen LogP contribution in [0.15, 0.2) is 11.6 Å². The van der Waals surface area contributed by atoms with Crippen LogP contribution in [-0.2, 0) is 4.79 Å². The summed E-state index contributed by atoms with van der Waals surface area (Å²) in [5.74, 6) is 2.76. The van der Waals surface area contributed by atoms with Gasteiger partial charge in [0, 0.05) is 37.8 Å². The Morgan fingerprint density at radius 2 is 2.09 bits per heavy atom. The minimum Gasteiger partial charge on any atom is -0.346 e. The van der Waals surface area contributed by atoms with E-state index in [1.807, 2.05) is 25.4 Å². The molecule has 120 valence electrons. The molecular weight excluding hydrogens is 296 g/mol. The average Bonchev–Trinajstić information content (AvgIpc) is 3.08. The predicted molar refractivity (Wildman–Crippen MR) is 91.1 cm³/mol. The fourth-order valence-electron chi connectivity index (χ4n) is 2.65. The van der Waals surface area contributed by atoms with Gasteiger partial charge in [-0.2, -0.15) is 0 Å². The van der Waals surface area contributed by atoms with Gasteiger partial charge < -0.3 is 10.2 Å². The van der Waals surface area contributed by atoms with E-state index in [1.165, 1.54) is 0 Å². The number of hydrogen-bond donors (Lipinski definition) is 1. The lowest BCUT2D eigenvalue weighted by molar-refractivity contribution is -0.123. The van der Waals surface area contributed by atoms with Gasteiger partial charge in [0.2, 0.25) is 5.91 Å². The maximum Gasteiger partial charge on any atom is 0.235 e.